The van der Waals surface area contributed by atoms with Crippen molar-refractivity contribution in [3.05, 3.63) is 64.4 Å². The zero-order chi connectivity index (χ0) is 21.7. The summed E-state index contributed by atoms with van der Waals surface area (Å²) in [4.78, 5) is 9.25. The maximum absolute atomic E-state index is 5.44. The van der Waals surface area contributed by atoms with Crippen LogP contribution in [0.5, 0.6) is 5.75 Å². The van der Waals surface area contributed by atoms with Crippen LogP contribution in [0.4, 0.5) is 5.82 Å². The van der Waals surface area contributed by atoms with Crippen LogP contribution in [0.1, 0.15) is 53.3 Å². The third-order valence-electron chi connectivity index (χ3n) is 5.67. The molecule has 6 heteroatoms. The fraction of sp³-hybridized carbons (Fsp3) is 0.458. The van der Waals surface area contributed by atoms with Gasteiger partial charge in [0, 0.05) is 30.8 Å². The van der Waals surface area contributed by atoms with Crippen LogP contribution in [0.15, 0.2) is 30.3 Å². The number of anilines is 1. The predicted octanol–water partition coefficient (Wildman–Crippen LogP) is 4.76. The SMILES string of the molecule is COc1ccccc1CCCNc1cc(C(C)Cn2nc(C)c(C)c2C)nc(C)n1. The number of benzene rings is 1. The van der Waals surface area contributed by atoms with E-state index in [1.807, 2.05) is 19.1 Å². The summed E-state index contributed by atoms with van der Waals surface area (Å²) in [6.07, 6.45) is 1.96. The Bertz CT molecular complexity index is 995. The second-order valence-electron chi connectivity index (χ2n) is 7.95. The fourth-order valence-corrected chi connectivity index (χ4v) is 3.66. The van der Waals surface area contributed by atoms with Crippen LogP contribution in [-0.2, 0) is 13.0 Å². The molecule has 0 aliphatic heterocycles. The Hall–Kier alpha value is -2.89. The largest absolute Gasteiger partial charge is 0.496 e. The average molecular weight is 408 g/mol. The highest BCUT2D eigenvalue weighted by Gasteiger charge is 2.14. The number of rotatable bonds is 9. The molecule has 0 fully saturated rings. The predicted molar refractivity (Wildman–Crippen MR) is 121 cm³/mol. The quantitative estimate of drug-likeness (QED) is 0.518. The van der Waals surface area contributed by atoms with Crippen molar-refractivity contribution in [1.29, 1.82) is 0 Å². The molecule has 0 aliphatic rings. The molecule has 3 rings (SSSR count). The van der Waals surface area contributed by atoms with Crippen molar-refractivity contribution < 1.29 is 4.74 Å². The van der Waals surface area contributed by atoms with E-state index < -0.39 is 0 Å². The van der Waals surface area contributed by atoms with Gasteiger partial charge in [-0.15, -0.1) is 0 Å². The van der Waals surface area contributed by atoms with E-state index in [2.05, 4.69) is 71.0 Å². The summed E-state index contributed by atoms with van der Waals surface area (Å²) in [5.41, 5.74) is 5.85. The number of ether oxygens (including phenoxy) is 1. The van der Waals surface area contributed by atoms with E-state index in [1.54, 1.807) is 7.11 Å². The summed E-state index contributed by atoms with van der Waals surface area (Å²) in [6.45, 7) is 12.1. The zero-order valence-electron chi connectivity index (χ0n) is 19.0. The van der Waals surface area contributed by atoms with Gasteiger partial charge < -0.3 is 10.1 Å². The lowest BCUT2D eigenvalue weighted by atomic mass is 10.1. The van der Waals surface area contributed by atoms with Crippen molar-refractivity contribution in [1.82, 2.24) is 19.7 Å². The summed E-state index contributed by atoms with van der Waals surface area (Å²) >= 11 is 0. The molecule has 1 aromatic carbocycles. The summed E-state index contributed by atoms with van der Waals surface area (Å²) in [7, 11) is 1.72. The van der Waals surface area contributed by atoms with Crippen LogP contribution in [0, 0.1) is 27.7 Å². The summed E-state index contributed by atoms with van der Waals surface area (Å²) in [5, 5.41) is 8.13. The van der Waals surface area contributed by atoms with E-state index in [9.17, 15) is 0 Å². The number of para-hydroxylation sites is 1. The number of hydrogen-bond donors (Lipinski definition) is 1. The first-order chi connectivity index (χ1) is 14.4. The van der Waals surface area contributed by atoms with Gasteiger partial charge in [0.25, 0.3) is 0 Å². The van der Waals surface area contributed by atoms with Crippen LogP contribution in [0.2, 0.25) is 0 Å². The average Bonchev–Trinajstić information content (AvgIpc) is 2.97. The molecule has 0 saturated heterocycles. The number of methoxy groups -OCH3 is 1. The first kappa shape index (κ1) is 21.8. The van der Waals surface area contributed by atoms with Crippen molar-refractivity contribution in [3.63, 3.8) is 0 Å². The van der Waals surface area contributed by atoms with Crippen molar-refractivity contribution in [2.24, 2.45) is 0 Å². The highest BCUT2D eigenvalue weighted by molar-refractivity contribution is 5.37. The zero-order valence-corrected chi connectivity index (χ0v) is 19.0. The van der Waals surface area contributed by atoms with Crippen molar-refractivity contribution >= 4 is 5.82 Å². The summed E-state index contributed by atoms with van der Waals surface area (Å²) in [5.74, 6) is 2.87. The molecule has 0 bridgehead atoms. The van der Waals surface area contributed by atoms with E-state index in [0.717, 1.165) is 54.7 Å². The molecule has 0 spiro atoms. The lowest BCUT2D eigenvalue weighted by Crippen LogP contribution is -2.13. The van der Waals surface area contributed by atoms with Crippen LogP contribution >= 0.6 is 0 Å². The number of hydrogen-bond acceptors (Lipinski definition) is 5. The monoisotopic (exact) mass is 407 g/mol. The van der Waals surface area contributed by atoms with Gasteiger partial charge in [-0.2, -0.15) is 5.10 Å². The van der Waals surface area contributed by atoms with Gasteiger partial charge in [0.15, 0.2) is 0 Å². The number of aromatic nitrogens is 4. The second kappa shape index (κ2) is 9.74. The highest BCUT2D eigenvalue weighted by Crippen LogP contribution is 2.21. The van der Waals surface area contributed by atoms with Gasteiger partial charge in [0.05, 0.1) is 18.5 Å². The molecule has 0 radical (unpaired) electrons. The van der Waals surface area contributed by atoms with Crippen LogP contribution in [0.3, 0.4) is 0 Å². The molecule has 6 nitrogen and oxygen atoms in total. The second-order valence-corrected chi connectivity index (χ2v) is 7.95. The normalized spacial score (nSPS) is 12.1. The minimum absolute atomic E-state index is 0.248. The minimum Gasteiger partial charge on any atom is -0.496 e. The topological polar surface area (TPSA) is 64.9 Å². The molecular weight excluding hydrogens is 374 g/mol. The lowest BCUT2D eigenvalue weighted by Gasteiger charge is -2.15. The van der Waals surface area contributed by atoms with Gasteiger partial charge in [0.1, 0.15) is 17.4 Å². The summed E-state index contributed by atoms with van der Waals surface area (Å²) in [6, 6.07) is 10.2. The van der Waals surface area contributed by atoms with Crippen molar-refractivity contribution in [2.45, 2.75) is 59.9 Å². The molecule has 160 valence electrons. The Morgan fingerprint density at radius 3 is 2.57 bits per heavy atom. The van der Waals surface area contributed by atoms with Gasteiger partial charge in [-0.25, -0.2) is 9.97 Å². The number of aryl methyl sites for hydroxylation is 3. The van der Waals surface area contributed by atoms with Gasteiger partial charge in [0.2, 0.25) is 0 Å². The fourth-order valence-electron chi connectivity index (χ4n) is 3.66. The minimum atomic E-state index is 0.248. The molecule has 2 heterocycles. The van der Waals surface area contributed by atoms with Gasteiger partial charge >= 0.3 is 0 Å². The Morgan fingerprint density at radius 2 is 1.87 bits per heavy atom. The van der Waals surface area contributed by atoms with Gasteiger partial charge in [-0.1, -0.05) is 25.1 Å². The summed E-state index contributed by atoms with van der Waals surface area (Å²) < 4.78 is 7.53. The van der Waals surface area contributed by atoms with Crippen LogP contribution in [0.25, 0.3) is 0 Å². The molecule has 3 aromatic rings. The Labute approximate surface area is 179 Å². The van der Waals surface area contributed by atoms with Gasteiger partial charge in [-0.3, -0.25) is 4.68 Å². The maximum atomic E-state index is 5.44. The molecule has 1 unspecified atom stereocenters. The first-order valence-electron chi connectivity index (χ1n) is 10.6. The highest BCUT2D eigenvalue weighted by atomic mass is 16.5. The van der Waals surface area contributed by atoms with Crippen LogP contribution < -0.4 is 10.1 Å². The molecule has 1 N–H and O–H groups in total. The third-order valence-corrected chi connectivity index (χ3v) is 5.67. The van der Waals surface area contributed by atoms with Crippen LogP contribution in [-0.4, -0.2) is 33.4 Å². The standard InChI is InChI=1S/C24H33N5O/c1-16(15-29-19(4)17(2)18(3)28-29)22-14-24(27-20(5)26-22)25-13-9-11-21-10-7-8-12-23(21)30-6/h7-8,10,12,14,16H,9,11,13,15H2,1-6H3,(H,25,26,27). The maximum Gasteiger partial charge on any atom is 0.129 e. The molecular formula is C24H33N5O. The third kappa shape index (κ3) is 5.17. The molecule has 0 aliphatic carbocycles. The Kier molecular flexibility index (Phi) is 7.08. The van der Waals surface area contributed by atoms with E-state index in [1.165, 1.54) is 16.8 Å². The van der Waals surface area contributed by atoms with E-state index in [4.69, 9.17) is 4.74 Å². The lowest BCUT2D eigenvalue weighted by molar-refractivity contribution is 0.409. The molecule has 2 aromatic heterocycles. The molecule has 0 saturated carbocycles. The van der Waals surface area contributed by atoms with Crippen molar-refractivity contribution in [3.8, 4) is 5.75 Å². The van der Waals surface area contributed by atoms with E-state index >= 15 is 0 Å². The Morgan fingerprint density at radius 1 is 1.10 bits per heavy atom. The smallest absolute Gasteiger partial charge is 0.129 e. The Balaban J connectivity index is 1.61. The number of nitrogens with one attached hydrogen (secondary N) is 1. The van der Waals surface area contributed by atoms with Gasteiger partial charge in [-0.05, 0) is 57.7 Å². The molecule has 0 amide bonds. The molecule has 30 heavy (non-hydrogen) atoms. The molecule has 1 atom stereocenters. The van der Waals surface area contributed by atoms with E-state index in [0.29, 0.717) is 0 Å². The number of nitrogens with zero attached hydrogens (tertiary/aromatic N) is 4. The van der Waals surface area contributed by atoms with Crippen molar-refractivity contribution in [2.75, 3.05) is 19.0 Å². The van der Waals surface area contributed by atoms with E-state index in [-0.39, 0.29) is 5.92 Å². The first-order valence-corrected chi connectivity index (χ1v) is 10.6.